The highest BCUT2D eigenvalue weighted by molar-refractivity contribution is 5.35. The van der Waals surface area contributed by atoms with Gasteiger partial charge in [0.05, 0.1) is 6.20 Å². The zero-order valence-electron chi connectivity index (χ0n) is 9.24. The summed E-state index contributed by atoms with van der Waals surface area (Å²) in [6, 6.07) is 4.00. The van der Waals surface area contributed by atoms with Crippen LogP contribution in [-0.2, 0) is 13.6 Å². The molecule has 2 aromatic rings. The summed E-state index contributed by atoms with van der Waals surface area (Å²) in [5.41, 5.74) is 1.19. The highest BCUT2D eigenvalue weighted by Crippen LogP contribution is 2.15. The first-order valence-electron chi connectivity index (χ1n) is 4.94. The average Bonchev–Trinajstić information content (AvgIpc) is 2.70. The summed E-state index contributed by atoms with van der Waals surface area (Å²) in [5, 5.41) is 7.39. The van der Waals surface area contributed by atoms with E-state index in [1.807, 2.05) is 31.6 Å². The molecule has 2 aromatic heterocycles. The molecule has 0 radical (unpaired) electrons. The van der Waals surface area contributed by atoms with Gasteiger partial charge in [0, 0.05) is 25.2 Å². The second-order valence-electron chi connectivity index (χ2n) is 3.63. The van der Waals surface area contributed by atoms with Crippen molar-refractivity contribution in [3.63, 3.8) is 0 Å². The van der Waals surface area contributed by atoms with Crippen LogP contribution in [0.3, 0.4) is 0 Å². The Balaban J connectivity index is 2.05. The van der Waals surface area contributed by atoms with Crippen LogP contribution in [0, 0.1) is 13.8 Å². The number of anilines is 1. The predicted molar refractivity (Wildman–Crippen MR) is 58.7 cm³/mol. The molecule has 0 unspecified atom stereocenters. The molecule has 1 N–H and O–H groups in total. The summed E-state index contributed by atoms with van der Waals surface area (Å²) in [6.07, 6.45) is 1.77. The van der Waals surface area contributed by atoms with Gasteiger partial charge in [-0.25, -0.2) is 0 Å². The standard InChI is InChI=1S/C11H15N3O/c1-8-6-10(9(2)15-8)7-12-11-4-5-13-14(11)3/h4-6,12H,7H2,1-3H3. The largest absolute Gasteiger partial charge is 0.466 e. The summed E-state index contributed by atoms with van der Waals surface area (Å²) >= 11 is 0. The molecule has 0 aliphatic carbocycles. The van der Waals surface area contributed by atoms with Crippen molar-refractivity contribution in [3.05, 3.63) is 35.4 Å². The topological polar surface area (TPSA) is 43.0 Å². The van der Waals surface area contributed by atoms with E-state index in [0.29, 0.717) is 0 Å². The minimum Gasteiger partial charge on any atom is -0.466 e. The average molecular weight is 205 g/mol. The molecule has 0 aromatic carbocycles. The van der Waals surface area contributed by atoms with E-state index in [0.717, 1.165) is 23.9 Å². The third-order valence-electron chi connectivity index (χ3n) is 2.42. The molecule has 0 bridgehead atoms. The third kappa shape index (κ3) is 2.03. The number of hydrogen-bond donors (Lipinski definition) is 1. The van der Waals surface area contributed by atoms with E-state index in [1.54, 1.807) is 6.20 Å². The molecule has 0 saturated heterocycles. The molecule has 2 heterocycles. The van der Waals surface area contributed by atoms with Crippen molar-refractivity contribution >= 4 is 5.82 Å². The molecule has 0 atom stereocenters. The Morgan fingerprint density at radius 1 is 1.47 bits per heavy atom. The minimum absolute atomic E-state index is 0.767. The zero-order chi connectivity index (χ0) is 10.8. The Hall–Kier alpha value is -1.71. The lowest BCUT2D eigenvalue weighted by Crippen LogP contribution is -2.04. The van der Waals surface area contributed by atoms with Crippen LogP contribution in [-0.4, -0.2) is 9.78 Å². The Labute approximate surface area is 88.9 Å². The van der Waals surface area contributed by atoms with Gasteiger partial charge in [0.1, 0.15) is 17.3 Å². The second-order valence-corrected chi connectivity index (χ2v) is 3.63. The molecule has 0 saturated carbocycles. The number of hydrogen-bond acceptors (Lipinski definition) is 3. The first-order valence-corrected chi connectivity index (χ1v) is 4.94. The van der Waals surface area contributed by atoms with Crippen LogP contribution in [0.5, 0.6) is 0 Å². The fraction of sp³-hybridized carbons (Fsp3) is 0.364. The van der Waals surface area contributed by atoms with Gasteiger partial charge >= 0.3 is 0 Å². The van der Waals surface area contributed by atoms with Gasteiger partial charge in [0.2, 0.25) is 0 Å². The van der Waals surface area contributed by atoms with Crippen molar-refractivity contribution in [2.45, 2.75) is 20.4 Å². The molecule has 0 fully saturated rings. The van der Waals surface area contributed by atoms with E-state index < -0.39 is 0 Å². The Bertz CT molecular complexity index is 456. The van der Waals surface area contributed by atoms with Crippen molar-refractivity contribution in [1.29, 1.82) is 0 Å². The Morgan fingerprint density at radius 2 is 2.27 bits per heavy atom. The molecule has 4 heteroatoms. The van der Waals surface area contributed by atoms with Crippen molar-refractivity contribution in [2.75, 3.05) is 5.32 Å². The maximum Gasteiger partial charge on any atom is 0.124 e. The summed E-state index contributed by atoms with van der Waals surface area (Å²) in [4.78, 5) is 0. The summed E-state index contributed by atoms with van der Waals surface area (Å²) in [7, 11) is 1.91. The van der Waals surface area contributed by atoms with Crippen LogP contribution < -0.4 is 5.32 Å². The first kappa shape index (κ1) is 9.83. The van der Waals surface area contributed by atoms with Crippen LogP contribution in [0.1, 0.15) is 17.1 Å². The number of rotatable bonds is 3. The van der Waals surface area contributed by atoms with E-state index in [1.165, 1.54) is 5.56 Å². The Kier molecular flexibility index (Phi) is 2.49. The molecular formula is C11H15N3O. The van der Waals surface area contributed by atoms with Crippen LogP contribution in [0.15, 0.2) is 22.7 Å². The molecule has 80 valence electrons. The fourth-order valence-electron chi connectivity index (χ4n) is 1.59. The lowest BCUT2D eigenvalue weighted by Gasteiger charge is -2.04. The smallest absolute Gasteiger partial charge is 0.124 e. The van der Waals surface area contributed by atoms with E-state index in [4.69, 9.17) is 4.42 Å². The van der Waals surface area contributed by atoms with Crippen molar-refractivity contribution < 1.29 is 4.42 Å². The van der Waals surface area contributed by atoms with Gasteiger partial charge in [0.25, 0.3) is 0 Å². The van der Waals surface area contributed by atoms with Gasteiger partial charge in [-0.15, -0.1) is 0 Å². The lowest BCUT2D eigenvalue weighted by atomic mass is 10.2. The number of aromatic nitrogens is 2. The number of nitrogens with one attached hydrogen (secondary N) is 1. The fourth-order valence-corrected chi connectivity index (χ4v) is 1.59. The molecule has 0 amide bonds. The monoisotopic (exact) mass is 205 g/mol. The van der Waals surface area contributed by atoms with E-state index >= 15 is 0 Å². The van der Waals surface area contributed by atoms with E-state index in [2.05, 4.69) is 16.5 Å². The lowest BCUT2D eigenvalue weighted by molar-refractivity contribution is 0.501. The number of furan rings is 1. The van der Waals surface area contributed by atoms with E-state index in [9.17, 15) is 0 Å². The zero-order valence-corrected chi connectivity index (χ0v) is 9.24. The molecule has 15 heavy (non-hydrogen) atoms. The number of nitrogens with zero attached hydrogens (tertiary/aromatic N) is 2. The normalized spacial score (nSPS) is 10.6. The van der Waals surface area contributed by atoms with Crippen LogP contribution in [0.4, 0.5) is 5.82 Å². The van der Waals surface area contributed by atoms with Crippen molar-refractivity contribution in [2.24, 2.45) is 7.05 Å². The van der Waals surface area contributed by atoms with Crippen LogP contribution >= 0.6 is 0 Å². The van der Waals surface area contributed by atoms with Gasteiger partial charge in [0.15, 0.2) is 0 Å². The number of aryl methyl sites for hydroxylation is 3. The summed E-state index contributed by atoms with van der Waals surface area (Å²) in [5.74, 6) is 2.93. The van der Waals surface area contributed by atoms with Crippen molar-refractivity contribution in [1.82, 2.24) is 9.78 Å². The SMILES string of the molecule is Cc1cc(CNc2ccnn2C)c(C)o1. The van der Waals surface area contributed by atoms with Crippen molar-refractivity contribution in [3.8, 4) is 0 Å². The second kappa shape index (κ2) is 3.81. The van der Waals surface area contributed by atoms with Gasteiger partial charge < -0.3 is 9.73 Å². The molecule has 0 spiro atoms. The minimum atomic E-state index is 0.767. The maximum absolute atomic E-state index is 5.45. The van der Waals surface area contributed by atoms with Gasteiger partial charge in [-0.05, 0) is 19.9 Å². The molecular weight excluding hydrogens is 190 g/mol. The highest BCUT2D eigenvalue weighted by Gasteiger charge is 2.04. The summed E-state index contributed by atoms with van der Waals surface area (Å²) in [6.45, 7) is 4.70. The predicted octanol–water partition coefficient (Wildman–Crippen LogP) is 2.24. The quantitative estimate of drug-likeness (QED) is 0.835. The summed E-state index contributed by atoms with van der Waals surface area (Å²) < 4.78 is 7.26. The molecule has 0 aliphatic heterocycles. The first-order chi connectivity index (χ1) is 7.16. The highest BCUT2D eigenvalue weighted by atomic mass is 16.3. The van der Waals surface area contributed by atoms with E-state index in [-0.39, 0.29) is 0 Å². The van der Waals surface area contributed by atoms with Gasteiger partial charge in [-0.1, -0.05) is 0 Å². The van der Waals surface area contributed by atoms with Crippen LogP contribution in [0.25, 0.3) is 0 Å². The molecule has 0 aliphatic rings. The van der Waals surface area contributed by atoms with Gasteiger partial charge in [-0.2, -0.15) is 5.10 Å². The maximum atomic E-state index is 5.45. The van der Waals surface area contributed by atoms with Gasteiger partial charge in [-0.3, -0.25) is 4.68 Å². The van der Waals surface area contributed by atoms with Crippen LogP contribution in [0.2, 0.25) is 0 Å². The Morgan fingerprint density at radius 3 is 2.80 bits per heavy atom. The molecule has 4 nitrogen and oxygen atoms in total. The third-order valence-corrected chi connectivity index (χ3v) is 2.42. The molecule has 2 rings (SSSR count).